The molecule has 1 rings (SSSR count). The van der Waals surface area contributed by atoms with Crippen molar-refractivity contribution >= 4 is 0 Å². The molecule has 0 spiro atoms. The van der Waals surface area contributed by atoms with Crippen LogP contribution in [-0.2, 0) is 4.74 Å². The molecule has 84 valence electrons. The van der Waals surface area contributed by atoms with Gasteiger partial charge >= 0.3 is 0 Å². The van der Waals surface area contributed by atoms with Crippen LogP contribution in [0.4, 0.5) is 0 Å². The second kappa shape index (κ2) is 5.10. The van der Waals surface area contributed by atoms with Gasteiger partial charge in [0.2, 0.25) is 0 Å². The molecule has 0 amide bonds. The fourth-order valence-corrected chi connectivity index (χ4v) is 2.50. The Morgan fingerprint density at radius 2 is 1.86 bits per heavy atom. The Kier molecular flexibility index (Phi) is 4.35. The quantitative estimate of drug-likeness (QED) is 0.537. The van der Waals surface area contributed by atoms with Crippen LogP contribution < -0.4 is 11.3 Å². The highest BCUT2D eigenvalue weighted by Crippen LogP contribution is 2.31. The second-order valence-corrected chi connectivity index (χ2v) is 4.85. The number of hydrazine groups is 1. The van der Waals surface area contributed by atoms with Crippen molar-refractivity contribution in [2.45, 2.75) is 57.6 Å². The number of nitrogens with one attached hydrogen (secondary N) is 1. The number of hydrogen-bond donors (Lipinski definition) is 2. The summed E-state index contributed by atoms with van der Waals surface area (Å²) in [4.78, 5) is 0. The van der Waals surface area contributed by atoms with Crippen LogP contribution in [0.2, 0.25) is 0 Å². The highest BCUT2D eigenvalue weighted by molar-refractivity contribution is 4.90. The number of hydrogen-bond acceptors (Lipinski definition) is 3. The Morgan fingerprint density at radius 3 is 2.29 bits per heavy atom. The normalized spacial score (nSPS) is 22.3. The second-order valence-electron chi connectivity index (χ2n) is 4.85. The maximum atomic E-state index is 5.64. The third kappa shape index (κ3) is 2.69. The summed E-state index contributed by atoms with van der Waals surface area (Å²) in [5, 5.41) is 0. The van der Waals surface area contributed by atoms with Crippen LogP contribution in [0.15, 0.2) is 0 Å². The molecule has 3 heteroatoms. The Labute approximate surface area is 87.4 Å². The summed E-state index contributed by atoms with van der Waals surface area (Å²) in [6.07, 6.45) is 6.61. The van der Waals surface area contributed by atoms with Crippen LogP contribution in [-0.4, -0.2) is 18.8 Å². The number of ether oxygens (including phenoxy) is 1. The Balaban J connectivity index is 2.59. The van der Waals surface area contributed by atoms with Crippen LogP contribution >= 0.6 is 0 Å². The van der Waals surface area contributed by atoms with Crippen LogP contribution in [0.25, 0.3) is 0 Å². The van der Waals surface area contributed by atoms with Gasteiger partial charge in [0, 0.05) is 7.11 Å². The Bertz CT molecular complexity index is 165. The maximum absolute atomic E-state index is 5.64. The zero-order chi connectivity index (χ0) is 10.6. The Hall–Kier alpha value is -0.120. The molecule has 1 saturated carbocycles. The minimum atomic E-state index is -0.170. The van der Waals surface area contributed by atoms with E-state index in [2.05, 4.69) is 19.3 Å². The van der Waals surface area contributed by atoms with Gasteiger partial charge in [-0.05, 0) is 32.6 Å². The molecule has 0 aliphatic heterocycles. The van der Waals surface area contributed by atoms with Gasteiger partial charge in [0.15, 0.2) is 0 Å². The van der Waals surface area contributed by atoms with E-state index in [-0.39, 0.29) is 11.6 Å². The van der Waals surface area contributed by atoms with Gasteiger partial charge in [-0.15, -0.1) is 0 Å². The average molecular weight is 200 g/mol. The highest BCUT2D eigenvalue weighted by Gasteiger charge is 2.35. The van der Waals surface area contributed by atoms with Gasteiger partial charge in [0.25, 0.3) is 0 Å². The van der Waals surface area contributed by atoms with E-state index in [1.54, 1.807) is 7.11 Å². The fraction of sp³-hybridized carbons (Fsp3) is 1.00. The lowest BCUT2D eigenvalue weighted by atomic mass is 9.78. The summed E-state index contributed by atoms with van der Waals surface area (Å²) >= 11 is 0. The largest absolute Gasteiger partial charge is 0.377 e. The highest BCUT2D eigenvalue weighted by atomic mass is 16.5. The minimum Gasteiger partial charge on any atom is -0.377 e. The first-order valence-corrected chi connectivity index (χ1v) is 5.63. The lowest BCUT2D eigenvalue weighted by Gasteiger charge is -2.39. The van der Waals surface area contributed by atoms with E-state index in [4.69, 9.17) is 10.6 Å². The Morgan fingerprint density at radius 1 is 1.29 bits per heavy atom. The van der Waals surface area contributed by atoms with E-state index in [1.807, 2.05) is 0 Å². The van der Waals surface area contributed by atoms with Crippen molar-refractivity contribution in [2.75, 3.05) is 7.11 Å². The van der Waals surface area contributed by atoms with E-state index < -0.39 is 0 Å². The van der Waals surface area contributed by atoms with Gasteiger partial charge in [-0.25, -0.2) is 0 Å². The number of methoxy groups -OCH3 is 1. The predicted octanol–water partition coefficient (Wildman–Crippen LogP) is 1.82. The molecule has 14 heavy (non-hydrogen) atoms. The summed E-state index contributed by atoms with van der Waals surface area (Å²) < 4.78 is 5.50. The zero-order valence-corrected chi connectivity index (χ0v) is 9.68. The van der Waals surface area contributed by atoms with Gasteiger partial charge in [-0.1, -0.05) is 19.3 Å². The van der Waals surface area contributed by atoms with Crippen LogP contribution in [0.5, 0.6) is 0 Å². The number of nitrogens with two attached hydrogens (primary N) is 1. The third-order valence-electron chi connectivity index (χ3n) is 3.58. The van der Waals surface area contributed by atoms with Crippen molar-refractivity contribution in [1.29, 1.82) is 0 Å². The van der Waals surface area contributed by atoms with Crippen molar-refractivity contribution < 1.29 is 4.74 Å². The topological polar surface area (TPSA) is 47.3 Å². The molecule has 0 radical (unpaired) electrons. The van der Waals surface area contributed by atoms with Gasteiger partial charge in [-0.2, -0.15) is 0 Å². The molecule has 0 aromatic heterocycles. The van der Waals surface area contributed by atoms with Crippen molar-refractivity contribution in [3.63, 3.8) is 0 Å². The van der Waals surface area contributed by atoms with Crippen molar-refractivity contribution in [3.8, 4) is 0 Å². The van der Waals surface area contributed by atoms with Crippen molar-refractivity contribution in [1.82, 2.24) is 5.43 Å². The SMILES string of the molecule is COC(C)(C)C(NN)C1CCCCC1. The zero-order valence-electron chi connectivity index (χ0n) is 9.68. The van der Waals surface area contributed by atoms with Crippen molar-refractivity contribution in [2.24, 2.45) is 11.8 Å². The van der Waals surface area contributed by atoms with E-state index in [9.17, 15) is 0 Å². The molecular formula is C11H24N2O. The molecule has 0 heterocycles. The molecule has 3 nitrogen and oxygen atoms in total. The molecule has 0 aromatic rings. The summed E-state index contributed by atoms with van der Waals surface area (Å²) in [5.41, 5.74) is 2.77. The van der Waals surface area contributed by atoms with Crippen LogP contribution in [0, 0.1) is 5.92 Å². The van der Waals surface area contributed by atoms with E-state index >= 15 is 0 Å². The van der Waals surface area contributed by atoms with Gasteiger partial charge in [0.05, 0.1) is 11.6 Å². The summed E-state index contributed by atoms with van der Waals surface area (Å²) in [7, 11) is 1.76. The molecule has 1 fully saturated rings. The lowest BCUT2D eigenvalue weighted by Crippen LogP contribution is -2.55. The molecule has 1 atom stereocenters. The first-order chi connectivity index (χ1) is 6.61. The molecule has 0 aromatic carbocycles. The summed E-state index contributed by atoms with van der Waals surface area (Å²) in [6.45, 7) is 4.21. The summed E-state index contributed by atoms with van der Waals surface area (Å²) in [6, 6.07) is 0.271. The molecule has 1 unspecified atom stereocenters. The van der Waals surface area contributed by atoms with Gasteiger partial charge < -0.3 is 4.74 Å². The monoisotopic (exact) mass is 200 g/mol. The maximum Gasteiger partial charge on any atom is 0.0791 e. The minimum absolute atomic E-state index is 0.170. The smallest absolute Gasteiger partial charge is 0.0791 e. The molecular weight excluding hydrogens is 176 g/mol. The van der Waals surface area contributed by atoms with Gasteiger partial charge in [0.1, 0.15) is 0 Å². The van der Waals surface area contributed by atoms with Gasteiger partial charge in [-0.3, -0.25) is 11.3 Å². The predicted molar refractivity (Wildman–Crippen MR) is 58.8 cm³/mol. The first-order valence-electron chi connectivity index (χ1n) is 5.63. The van der Waals surface area contributed by atoms with E-state index in [0.717, 1.165) is 0 Å². The van der Waals surface area contributed by atoms with E-state index in [1.165, 1.54) is 32.1 Å². The molecule has 1 aliphatic carbocycles. The molecule has 0 saturated heterocycles. The summed E-state index contributed by atoms with van der Waals surface area (Å²) in [5.74, 6) is 6.31. The number of rotatable bonds is 4. The fourth-order valence-electron chi connectivity index (χ4n) is 2.50. The average Bonchev–Trinajstić information content (AvgIpc) is 2.20. The lowest BCUT2D eigenvalue weighted by molar-refractivity contribution is -0.0330. The van der Waals surface area contributed by atoms with Crippen molar-refractivity contribution in [3.05, 3.63) is 0 Å². The molecule has 3 N–H and O–H groups in total. The van der Waals surface area contributed by atoms with Crippen LogP contribution in [0.3, 0.4) is 0 Å². The first kappa shape index (κ1) is 12.0. The van der Waals surface area contributed by atoms with E-state index in [0.29, 0.717) is 5.92 Å². The third-order valence-corrected chi connectivity index (χ3v) is 3.58. The molecule has 1 aliphatic rings. The molecule has 0 bridgehead atoms. The van der Waals surface area contributed by atoms with Crippen LogP contribution in [0.1, 0.15) is 46.0 Å². The standard InChI is InChI=1S/C11H24N2O/c1-11(2,14-3)10(13-12)9-7-5-4-6-8-9/h9-10,13H,4-8,12H2,1-3H3.